The van der Waals surface area contributed by atoms with Gasteiger partial charge >= 0.3 is 0 Å². The van der Waals surface area contributed by atoms with Crippen molar-refractivity contribution in [2.45, 2.75) is 12.8 Å². The predicted octanol–water partition coefficient (Wildman–Crippen LogP) is 4.74. The van der Waals surface area contributed by atoms with Crippen LogP contribution in [0.25, 0.3) is 0 Å². The van der Waals surface area contributed by atoms with E-state index in [4.69, 9.17) is 0 Å². The van der Waals surface area contributed by atoms with E-state index in [1.165, 1.54) is 16.9 Å². The zero-order chi connectivity index (χ0) is 15.4. The molecule has 3 rings (SSSR count). The van der Waals surface area contributed by atoms with Gasteiger partial charge in [-0.1, -0.05) is 34.1 Å². The number of benzene rings is 1. The Morgan fingerprint density at radius 3 is 2.73 bits per heavy atom. The first kappa shape index (κ1) is 15.4. The van der Waals surface area contributed by atoms with Crippen molar-refractivity contribution in [1.82, 2.24) is 4.98 Å². The third-order valence-electron chi connectivity index (χ3n) is 3.01. The zero-order valence-electron chi connectivity index (χ0n) is 11.6. The molecule has 3 aromatic rings. The molecule has 0 radical (unpaired) electrons. The number of hydrogen-bond donors (Lipinski definition) is 1. The molecule has 0 fully saturated rings. The Morgan fingerprint density at radius 2 is 2.00 bits per heavy atom. The van der Waals surface area contributed by atoms with Crippen molar-refractivity contribution in [3.8, 4) is 0 Å². The molecule has 22 heavy (non-hydrogen) atoms. The van der Waals surface area contributed by atoms with E-state index >= 15 is 0 Å². The van der Waals surface area contributed by atoms with E-state index in [1.807, 2.05) is 35.8 Å². The maximum atomic E-state index is 11.9. The summed E-state index contributed by atoms with van der Waals surface area (Å²) in [6.07, 6.45) is 3.05. The van der Waals surface area contributed by atoms with Crippen LogP contribution in [0.4, 0.5) is 5.13 Å². The minimum atomic E-state index is -0.0213. The van der Waals surface area contributed by atoms with Gasteiger partial charge < -0.3 is 5.32 Å². The molecule has 1 aromatic carbocycles. The Kier molecular flexibility index (Phi) is 5.02. The third-order valence-corrected chi connectivity index (χ3v) is 5.32. The topological polar surface area (TPSA) is 42.0 Å². The average Bonchev–Trinajstić information content (AvgIpc) is 3.14. The maximum absolute atomic E-state index is 11.9. The highest BCUT2D eigenvalue weighted by Gasteiger charge is 2.08. The number of nitrogens with one attached hydrogen (secondary N) is 1. The standard InChI is InChI=1S/C16H13BrN2OS2/c17-12-5-3-11(4-6-12)8-14-10-18-16(22-14)19-15(20)9-13-2-1-7-21-13/h1-7,10H,8-9H2,(H,18,19,20). The van der Waals surface area contributed by atoms with Crippen LogP contribution in [0.2, 0.25) is 0 Å². The predicted molar refractivity (Wildman–Crippen MR) is 95.7 cm³/mol. The zero-order valence-corrected chi connectivity index (χ0v) is 14.8. The van der Waals surface area contributed by atoms with Gasteiger partial charge in [-0.2, -0.15) is 0 Å². The van der Waals surface area contributed by atoms with Crippen LogP contribution in [0.3, 0.4) is 0 Å². The number of thiazole rings is 1. The molecule has 0 unspecified atom stereocenters. The Labute approximate surface area is 145 Å². The summed E-state index contributed by atoms with van der Waals surface area (Å²) in [6, 6.07) is 12.1. The molecule has 3 nitrogen and oxygen atoms in total. The SMILES string of the molecule is O=C(Cc1cccs1)Nc1ncc(Cc2ccc(Br)cc2)s1. The number of nitrogens with zero attached hydrogens (tertiary/aromatic N) is 1. The van der Waals surface area contributed by atoms with Gasteiger partial charge in [0.25, 0.3) is 0 Å². The van der Waals surface area contributed by atoms with Gasteiger partial charge in [-0.25, -0.2) is 4.98 Å². The minimum Gasteiger partial charge on any atom is -0.302 e. The van der Waals surface area contributed by atoms with Crippen LogP contribution >= 0.6 is 38.6 Å². The Bertz CT molecular complexity index is 751. The number of carbonyl (C=O) groups excluding carboxylic acids is 1. The summed E-state index contributed by atoms with van der Waals surface area (Å²) in [6.45, 7) is 0. The van der Waals surface area contributed by atoms with Gasteiger partial charge in [-0.15, -0.1) is 22.7 Å². The van der Waals surface area contributed by atoms with Crippen LogP contribution in [-0.2, 0) is 17.6 Å². The van der Waals surface area contributed by atoms with E-state index in [-0.39, 0.29) is 5.91 Å². The van der Waals surface area contributed by atoms with Gasteiger partial charge in [0.05, 0.1) is 6.42 Å². The molecular formula is C16H13BrN2OS2. The largest absolute Gasteiger partial charge is 0.302 e. The molecule has 0 saturated heterocycles. The molecule has 1 amide bonds. The molecule has 2 aromatic heterocycles. The third kappa shape index (κ3) is 4.25. The van der Waals surface area contributed by atoms with E-state index in [2.05, 4.69) is 38.4 Å². The molecule has 0 spiro atoms. The Balaban J connectivity index is 1.58. The molecule has 0 bridgehead atoms. The molecular weight excluding hydrogens is 380 g/mol. The average molecular weight is 393 g/mol. The van der Waals surface area contributed by atoms with E-state index < -0.39 is 0 Å². The summed E-state index contributed by atoms with van der Waals surface area (Å²) in [5, 5.41) is 5.50. The summed E-state index contributed by atoms with van der Waals surface area (Å²) in [4.78, 5) is 18.4. The molecule has 112 valence electrons. The van der Waals surface area contributed by atoms with Crippen molar-refractivity contribution in [3.63, 3.8) is 0 Å². The van der Waals surface area contributed by atoms with Gasteiger partial charge in [-0.05, 0) is 29.1 Å². The summed E-state index contributed by atoms with van der Waals surface area (Å²) >= 11 is 6.54. The highest BCUT2D eigenvalue weighted by molar-refractivity contribution is 9.10. The van der Waals surface area contributed by atoms with Crippen LogP contribution in [-0.4, -0.2) is 10.9 Å². The first-order valence-corrected chi connectivity index (χ1v) is 9.19. The molecule has 0 aliphatic rings. The van der Waals surface area contributed by atoms with Crippen LogP contribution in [0.15, 0.2) is 52.4 Å². The normalized spacial score (nSPS) is 10.6. The lowest BCUT2D eigenvalue weighted by Gasteiger charge is -2.00. The van der Waals surface area contributed by atoms with Crippen molar-refractivity contribution in [3.05, 3.63) is 67.8 Å². The number of carbonyl (C=O) groups is 1. The number of anilines is 1. The molecule has 1 N–H and O–H groups in total. The first-order valence-electron chi connectivity index (χ1n) is 6.70. The van der Waals surface area contributed by atoms with Crippen LogP contribution in [0, 0.1) is 0 Å². The monoisotopic (exact) mass is 392 g/mol. The lowest BCUT2D eigenvalue weighted by Crippen LogP contribution is -2.13. The highest BCUT2D eigenvalue weighted by atomic mass is 79.9. The van der Waals surface area contributed by atoms with Crippen LogP contribution < -0.4 is 5.32 Å². The minimum absolute atomic E-state index is 0.0213. The van der Waals surface area contributed by atoms with Gasteiger partial charge in [0.2, 0.25) is 5.91 Å². The fraction of sp³-hybridized carbons (Fsp3) is 0.125. The quantitative estimate of drug-likeness (QED) is 0.681. The summed E-state index contributed by atoms with van der Waals surface area (Å²) in [7, 11) is 0. The van der Waals surface area contributed by atoms with Crippen molar-refractivity contribution in [2.75, 3.05) is 5.32 Å². The summed E-state index contributed by atoms with van der Waals surface area (Å²) in [5.74, 6) is -0.0213. The Morgan fingerprint density at radius 1 is 1.18 bits per heavy atom. The number of hydrogen-bond acceptors (Lipinski definition) is 4. The molecule has 6 heteroatoms. The van der Waals surface area contributed by atoms with Crippen molar-refractivity contribution >= 4 is 49.6 Å². The van der Waals surface area contributed by atoms with Gasteiger partial charge in [0.1, 0.15) is 0 Å². The number of amides is 1. The smallest absolute Gasteiger partial charge is 0.231 e. The second-order valence-electron chi connectivity index (χ2n) is 4.74. The Hall–Kier alpha value is -1.50. The van der Waals surface area contributed by atoms with Crippen LogP contribution in [0.1, 0.15) is 15.3 Å². The molecule has 0 saturated carbocycles. The van der Waals surface area contributed by atoms with E-state index in [1.54, 1.807) is 11.3 Å². The molecule has 2 heterocycles. The molecule has 0 aliphatic carbocycles. The van der Waals surface area contributed by atoms with Crippen LogP contribution in [0.5, 0.6) is 0 Å². The summed E-state index contributed by atoms with van der Waals surface area (Å²) in [5.41, 5.74) is 1.23. The van der Waals surface area contributed by atoms with Gasteiger partial charge in [0.15, 0.2) is 5.13 Å². The molecule has 0 atom stereocenters. The highest BCUT2D eigenvalue weighted by Crippen LogP contribution is 2.22. The number of halogens is 1. The molecule has 0 aliphatic heterocycles. The number of aromatic nitrogens is 1. The number of thiophene rings is 1. The summed E-state index contributed by atoms with van der Waals surface area (Å²) < 4.78 is 1.07. The van der Waals surface area contributed by atoms with Crippen molar-refractivity contribution in [1.29, 1.82) is 0 Å². The van der Waals surface area contributed by atoms with Crippen molar-refractivity contribution < 1.29 is 4.79 Å². The fourth-order valence-corrected chi connectivity index (χ4v) is 3.82. The lowest BCUT2D eigenvalue weighted by atomic mass is 10.1. The van der Waals surface area contributed by atoms with Gasteiger partial charge in [0, 0.05) is 26.8 Å². The second kappa shape index (κ2) is 7.17. The number of rotatable bonds is 5. The van der Waals surface area contributed by atoms with Crippen molar-refractivity contribution in [2.24, 2.45) is 0 Å². The van der Waals surface area contributed by atoms with E-state index in [0.29, 0.717) is 11.6 Å². The second-order valence-corrected chi connectivity index (χ2v) is 7.80. The lowest BCUT2D eigenvalue weighted by molar-refractivity contribution is -0.115. The van der Waals surface area contributed by atoms with E-state index in [9.17, 15) is 4.79 Å². The maximum Gasteiger partial charge on any atom is 0.231 e. The fourth-order valence-electron chi connectivity index (χ4n) is 1.99. The van der Waals surface area contributed by atoms with E-state index in [0.717, 1.165) is 20.6 Å². The first-order chi connectivity index (χ1) is 10.7. The van der Waals surface area contributed by atoms with Gasteiger partial charge in [-0.3, -0.25) is 4.79 Å².